The molecule has 66 valence electrons. The SMILES string of the molecule is CC(C)C(C)Sc1ncccn1. The van der Waals surface area contributed by atoms with Crippen molar-refractivity contribution in [3.8, 4) is 0 Å². The summed E-state index contributed by atoms with van der Waals surface area (Å²) in [5.41, 5.74) is 0. The number of thioether (sulfide) groups is 1. The van der Waals surface area contributed by atoms with Crippen LogP contribution < -0.4 is 0 Å². The normalized spacial score (nSPS) is 13.3. The topological polar surface area (TPSA) is 25.8 Å². The van der Waals surface area contributed by atoms with E-state index in [0.29, 0.717) is 11.2 Å². The molecule has 1 heterocycles. The van der Waals surface area contributed by atoms with Crippen molar-refractivity contribution in [2.75, 3.05) is 0 Å². The average Bonchev–Trinajstić information content (AvgIpc) is 2.06. The molecule has 2 nitrogen and oxygen atoms in total. The van der Waals surface area contributed by atoms with Crippen molar-refractivity contribution in [2.45, 2.75) is 31.2 Å². The number of aromatic nitrogens is 2. The van der Waals surface area contributed by atoms with Crippen LogP contribution in [0, 0.1) is 5.92 Å². The molecule has 1 rings (SSSR count). The van der Waals surface area contributed by atoms with Gasteiger partial charge in [0, 0.05) is 17.6 Å². The molecule has 1 aromatic heterocycles. The van der Waals surface area contributed by atoms with E-state index in [-0.39, 0.29) is 0 Å². The van der Waals surface area contributed by atoms with Gasteiger partial charge in [0.05, 0.1) is 0 Å². The fraction of sp³-hybridized carbons (Fsp3) is 0.556. The summed E-state index contributed by atoms with van der Waals surface area (Å²) in [7, 11) is 0. The maximum absolute atomic E-state index is 4.15. The van der Waals surface area contributed by atoms with E-state index >= 15 is 0 Å². The molecule has 0 amide bonds. The molecular weight excluding hydrogens is 168 g/mol. The number of hydrogen-bond donors (Lipinski definition) is 0. The molecule has 0 saturated heterocycles. The van der Waals surface area contributed by atoms with Gasteiger partial charge in [-0.2, -0.15) is 0 Å². The van der Waals surface area contributed by atoms with E-state index in [1.807, 2.05) is 6.07 Å². The van der Waals surface area contributed by atoms with E-state index in [4.69, 9.17) is 0 Å². The van der Waals surface area contributed by atoms with Gasteiger partial charge in [0.2, 0.25) is 0 Å². The molecule has 0 radical (unpaired) electrons. The molecule has 0 aliphatic carbocycles. The predicted molar refractivity (Wildman–Crippen MR) is 52.2 cm³/mol. The third kappa shape index (κ3) is 2.81. The Morgan fingerprint density at radius 2 is 1.75 bits per heavy atom. The van der Waals surface area contributed by atoms with Gasteiger partial charge in [-0.25, -0.2) is 9.97 Å². The molecule has 1 atom stereocenters. The third-order valence-corrected chi connectivity index (χ3v) is 3.11. The minimum Gasteiger partial charge on any atom is -0.231 e. The smallest absolute Gasteiger partial charge is 0.187 e. The highest BCUT2D eigenvalue weighted by Gasteiger charge is 2.09. The van der Waals surface area contributed by atoms with E-state index in [0.717, 1.165) is 5.16 Å². The summed E-state index contributed by atoms with van der Waals surface area (Å²) in [5.74, 6) is 0.666. The van der Waals surface area contributed by atoms with Crippen LogP contribution in [0.4, 0.5) is 0 Å². The Morgan fingerprint density at radius 3 is 2.25 bits per heavy atom. The fourth-order valence-electron chi connectivity index (χ4n) is 0.649. The monoisotopic (exact) mass is 182 g/mol. The molecule has 1 aromatic rings. The van der Waals surface area contributed by atoms with Gasteiger partial charge in [-0.3, -0.25) is 0 Å². The van der Waals surface area contributed by atoms with Crippen LogP contribution in [0.3, 0.4) is 0 Å². The van der Waals surface area contributed by atoms with Gasteiger partial charge in [-0.15, -0.1) is 0 Å². The molecule has 0 N–H and O–H groups in total. The summed E-state index contributed by atoms with van der Waals surface area (Å²) in [6.45, 7) is 6.62. The molecule has 0 fully saturated rings. The summed E-state index contributed by atoms with van der Waals surface area (Å²) in [6, 6.07) is 1.84. The quantitative estimate of drug-likeness (QED) is 0.531. The Hall–Kier alpha value is -0.570. The second-order valence-corrected chi connectivity index (χ2v) is 4.44. The summed E-state index contributed by atoms with van der Waals surface area (Å²) in [5, 5.41) is 1.45. The van der Waals surface area contributed by atoms with E-state index in [1.54, 1.807) is 24.2 Å². The average molecular weight is 182 g/mol. The van der Waals surface area contributed by atoms with Crippen LogP contribution in [-0.2, 0) is 0 Å². The van der Waals surface area contributed by atoms with E-state index in [1.165, 1.54) is 0 Å². The summed E-state index contributed by atoms with van der Waals surface area (Å²) < 4.78 is 0. The first-order valence-corrected chi connectivity index (χ1v) is 5.02. The highest BCUT2D eigenvalue weighted by atomic mass is 32.2. The largest absolute Gasteiger partial charge is 0.231 e. The van der Waals surface area contributed by atoms with Crippen molar-refractivity contribution in [3.63, 3.8) is 0 Å². The van der Waals surface area contributed by atoms with Crippen molar-refractivity contribution in [2.24, 2.45) is 5.92 Å². The van der Waals surface area contributed by atoms with Crippen molar-refractivity contribution in [1.29, 1.82) is 0 Å². The minimum atomic E-state index is 0.576. The van der Waals surface area contributed by atoms with E-state index < -0.39 is 0 Å². The van der Waals surface area contributed by atoms with E-state index in [2.05, 4.69) is 30.7 Å². The Morgan fingerprint density at radius 1 is 1.17 bits per heavy atom. The number of hydrogen-bond acceptors (Lipinski definition) is 3. The second kappa shape index (κ2) is 4.45. The minimum absolute atomic E-state index is 0.576. The summed E-state index contributed by atoms with van der Waals surface area (Å²) >= 11 is 1.73. The van der Waals surface area contributed by atoms with E-state index in [9.17, 15) is 0 Å². The van der Waals surface area contributed by atoms with Crippen LogP contribution >= 0.6 is 11.8 Å². The highest BCUT2D eigenvalue weighted by molar-refractivity contribution is 7.99. The Labute approximate surface area is 77.8 Å². The van der Waals surface area contributed by atoms with Crippen molar-refractivity contribution in [1.82, 2.24) is 9.97 Å². The van der Waals surface area contributed by atoms with Gasteiger partial charge in [0.1, 0.15) is 0 Å². The Kier molecular flexibility index (Phi) is 3.53. The number of nitrogens with zero attached hydrogens (tertiary/aromatic N) is 2. The summed E-state index contributed by atoms with van der Waals surface area (Å²) in [6.07, 6.45) is 3.56. The maximum atomic E-state index is 4.15. The van der Waals surface area contributed by atoms with Crippen LogP contribution in [0.25, 0.3) is 0 Å². The number of rotatable bonds is 3. The first kappa shape index (κ1) is 9.52. The first-order chi connectivity index (χ1) is 5.70. The first-order valence-electron chi connectivity index (χ1n) is 4.14. The van der Waals surface area contributed by atoms with Crippen LogP contribution in [0.2, 0.25) is 0 Å². The maximum Gasteiger partial charge on any atom is 0.187 e. The molecule has 0 saturated carbocycles. The van der Waals surface area contributed by atoms with Gasteiger partial charge in [0.15, 0.2) is 5.16 Å². The zero-order chi connectivity index (χ0) is 8.97. The van der Waals surface area contributed by atoms with Gasteiger partial charge < -0.3 is 0 Å². The van der Waals surface area contributed by atoms with Gasteiger partial charge >= 0.3 is 0 Å². The Bertz CT molecular complexity index is 223. The van der Waals surface area contributed by atoms with Crippen LogP contribution in [0.1, 0.15) is 20.8 Å². The molecule has 3 heteroatoms. The lowest BCUT2D eigenvalue weighted by atomic mass is 10.2. The molecule has 0 spiro atoms. The van der Waals surface area contributed by atoms with Gasteiger partial charge in [-0.05, 0) is 12.0 Å². The zero-order valence-electron chi connectivity index (χ0n) is 7.69. The molecule has 0 bridgehead atoms. The van der Waals surface area contributed by atoms with Gasteiger partial charge in [0.25, 0.3) is 0 Å². The fourth-order valence-corrected chi connectivity index (χ4v) is 1.50. The van der Waals surface area contributed by atoms with Crippen molar-refractivity contribution in [3.05, 3.63) is 18.5 Å². The Balaban J connectivity index is 2.53. The van der Waals surface area contributed by atoms with Crippen molar-refractivity contribution < 1.29 is 0 Å². The highest BCUT2D eigenvalue weighted by Crippen LogP contribution is 2.23. The molecule has 0 aromatic carbocycles. The van der Waals surface area contributed by atoms with Crippen LogP contribution in [0.5, 0.6) is 0 Å². The third-order valence-electron chi connectivity index (χ3n) is 1.77. The van der Waals surface area contributed by atoms with Crippen LogP contribution in [0.15, 0.2) is 23.6 Å². The zero-order valence-corrected chi connectivity index (χ0v) is 8.51. The summed E-state index contributed by atoms with van der Waals surface area (Å²) in [4.78, 5) is 8.31. The van der Waals surface area contributed by atoms with Gasteiger partial charge in [-0.1, -0.05) is 32.5 Å². The lowest BCUT2D eigenvalue weighted by molar-refractivity contribution is 0.640. The molecule has 12 heavy (non-hydrogen) atoms. The molecule has 0 aliphatic rings. The van der Waals surface area contributed by atoms with Crippen LogP contribution in [-0.4, -0.2) is 15.2 Å². The molecule has 1 unspecified atom stereocenters. The molecule has 0 aliphatic heterocycles. The lowest BCUT2D eigenvalue weighted by Crippen LogP contribution is -2.06. The van der Waals surface area contributed by atoms with Crippen molar-refractivity contribution >= 4 is 11.8 Å². The lowest BCUT2D eigenvalue weighted by Gasteiger charge is -2.12. The predicted octanol–water partition coefficient (Wildman–Crippen LogP) is 2.61. The standard InChI is InChI=1S/C9H14N2S/c1-7(2)8(3)12-9-10-5-4-6-11-9/h4-8H,1-3H3. The second-order valence-electron chi connectivity index (χ2n) is 3.10. The molecular formula is C9H14N2S.